The average molecular weight is 372 g/mol. The molecular weight excluding hydrogens is 363 g/mol. The van der Waals surface area contributed by atoms with Gasteiger partial charge < -0.3 is 9.52 Å². The molecule has 102 valence electrons. The largest absolute Gasteiger partial charge is 0.456 e. The molecule has 0 saturated carbocycles. The minimum Gasteiger partial charge on any atom is -0.456 e. The number of benzene rings is 2. The van der Waals surface area contributed by atoms with Crippen LogP contribution in [-0.4, -0.2) is 5.11 Å². The van der Waals surface area contributed by atoms with Gasteiger partial charge in [-0.1, -0.05) is 51.3 Å². The Bertz CT molecular complexity index is 783. The second-order valence-electron chi connectivity index (χ2n) is 4.38. The van der Waals surface area contributed by atoms with Crippen LogP contribution in [0.5, 0.6) is 0 Å². The molecular formula is C15H9BrCl2O2. The monoisotopic (exact) mass is 370 g/mol. The molecule has 0 bridgehead atoms. The Labute approximate surface area is 134 Å². The fourth-order valence-corrected chi connectivity index (χ4v) is 2.88. The van der Waals surface area contributed by atoms with Gasteiger partial charge in [0, 0.05) is 20.4 Å². The highest BCUT2D eigenvalue weighted by Gasteiger charge is 2.19. The molecule has 1 N–H and O–H groups in total. The Morgan fingerprint density at radius 1 is 1.05 bits per heavy atom. The average Bonchev–Trinajstić information content (AvgIpc) is 2.86. The van der Waals surface area contributed by atoms with Crippen LogP contribution in [0.15, 0.2) is 51.4 Å². The fraction of sp³-hybridized carbons (Fsp3) is 0.0667. The van der Waals surface area contributed by atoms with Crippen LogP contribution in [0.2, 0.25) is 10.0 Å². The quantitative estimate of drug-likeness (QED) is 0.637. The Hall–Kier alpha value is -1.000. The summed E-state index contributed by atoms with van der Waals surface area (Å²) in [4.78, 5) is 0. The van der Waals surface area contributed by atoms with Crippen molar-refractivity contribution in [2.24, 2.45) is 0 Å². The number of furan rings is 1. The summed E-state index contributed by atoms with van der Waals surface area (Å²) in [5.41, 5.74) is 1.14. The van der Waals surface area contributed by atoms with Gasteiger partial charge in [-0.25, -0.2) is 0 Å². The van der Waals surface area contributed by atoms with Crippen LogP contribution >= 0.6 is 39.1 Å². The van der Waals surface area contributed by atoms with Gasteiger partial charge >= 0.3 is 0 Å². The predicted octanol–water partition coefficient (Wildman–Crippen LogP) is 5.58. The lowest BCUT2D eigenvalue weighted by molar-refractivity contribution is 0.192. The molecule has 1 heterocycles. The summed E-state index contributed by atoms with van der Waals surface area (Å²) in [7, 11) is 0. The van der Waals surface area contributed by atoms with Crippen molar-refractivity contribution in [3.05, 3.63) is 68.3 Å². The predicted molar refractivity (Wildman–Crippen MR) is 84.4 cm³/mol. The van der Waals surface area contributed by atoms with Crippen LogP contribution in [-0.2, 0) is 0 Å². The molecule has 5 heteroatoms. The van der Waals surface area contributed by atoms with Crippen molar-refractivity contribution in [3.63, 3.8) is 0 Å². The first-order valence-electron chi connectivity index (χ1n) is 5.87. The fourth-order valence-electron chi connectivity index (χ4n) is 2.06. The summed E-state index contributed by atoms with van der Waals surface area (Å²) < 4.78 is 6.49. The van der Waals surface area contributed by atoms with Crippen molar-refractivity contribution >= 4 is 50.1 Å². The first-order chi connectivity index (χ1) is 9.56. The standard InChI is InChI=1S/C15H9BrCl2O2/c16-9-4-5-11(17)10(7-9)14(19)13-6-8-2-1-3-12(18)15(8)20-13/h1-7,14,19H. The molecule has 0 radical (unpaired) electrons. The molecule has 0 saturated heterocycles. The van der Waals surface area contributed by atoms with Crippen molar-refractivity contribution < 1.29 is 9.52 Å². The van der Waals surface area contributed by atoms with Crippen LogP contribution in [0, 0.1) is 0 Å². The van der Waals surface area contributed by atoms with Gasteiger partial charge in [0.25, 0.3) is 0 Å². The normalized spacial score (nSPS) is 12.8. The molecule has 0 aliphatic rings. The third-order valence-corrected chi connectivity index (χ3v) is 4.17. The van der Waals surface area contributed by atoms with Crippen LogP contribution in [0.25, 0.3) is 11.0 Å². The molecule has 20 heavy (non-hydrogen) atoms. The van der Waals surface area contributed by atoms with Crippen LogP contribution < -0.4 is 0 Å². The van der Waals surface area contributed by atoms with Gasteiger partial charge in [-0.2, -0.15) is 0 Å². The number of aliphatic hydroxyl groups excluding tert-OH is 1. The third-order valence-electron chi connectivity index (χ3n) is 3.04. The van der Waals surface area contributed by atoms with Gasteiger partial charge in [-0.15, -0.1) is 0 Å². The number of hydrogen-bond acceptors (Lipinski definition) is 2. The van der Waals surface area contributed by atoms with E-state index in [2.05, 4.69) is 15.9 Å². The van der Waals surface area contributed by atoms with E-state index in [1.54, 1.807) is 24.3 Å². The van der Waals surface area contributed by atoms with E-state index in [-0.39, 0.29) is 0 Å². The van der Waals surface area contributed by atoms with E-state index in [4.69, 9.17) is 27.6 Å². The molecule has 1 unspecified atom stereocenters. The molecule has 0 aliphatic carbocycles. The molecule has 3 aromatic rings. The number of para-hydroxylation sites is 1. The SMILES string of the molecule is OC(c1cc2cccc(Cl)c2o1)c1cc(Br)ccc1Cl. The summed E-state index contributed by atoms with van der Waals surface area (Å²) in [5.74, 6) is 0.410. The van der Waals surface area contributed by atoms with E-state index >= 15 is 0 Å². The lowest BCUT2D eigenvalue weighted by atomic mass is 10.1. The molecule has 2 aromatic carbocycles. The number of rotatable bonds is 2. The van der Waals surface area contributed by atoms with Crippen LogP contribution in [0.1, 0.15) is 17.4 Å². The third kappa shape index (κ3) is 2.47. The molecule has 0 fully saturated rings. The van der Waals surface area contributed by atoms with Gasteiger partial charge in [0.15, 0.2) is 5.58 Å². The molecule has 1 aromatic heterocycles. The van der Waals surface area contributed by atoms with Crippen molar-refractivity contribution in [3.8, 4) is 0 Å². The van der Waals surface area contributed by atoms with E-state index < -0.39 is 6.10 Å². The van der Waals surface area contributed by atoms with E-state index in [1.807, 2.05) is 18.2 Å². The number of halogens is 3. The molecule has 1 atom stereocenters. The first kappa shape index (κ1) is 14.0. The maximum Gasteiger partial charge on any atom is 0.153 e. The second kappa shape index (κ2) is 5.41. The molecule has 3 rings (SSSR count). The molecule has 0 amide bonds. The van der Waals surface area contributed by atoms with Crippen molar-refractivity contribution in [1.29, 1.82) is 0 Å². The lowest BCUT2D eigenvalue weighted by Gasteiger charge is -2.10. The lowest BCUT2D eigenvalue weighted by Crippen LogP contribution is -1.98. The highest BCUT2D eigenvalue weighted by molar-refractivity contribution is 9.10. The molecule has 0 aliphatic heterocycles. The topological polar surface area (TPSA) is 33.4 Å². The van der Waals surface area contributed by atoms with Gasteiger partial charge in [-0.05, 0) is 30.3 Å². The van der Waals surface area contributed by atoms with Gasteiger partial charge in [0.1, 0.15) is 11.9 Å². The van der Waals surface area contributed by atoms with Crippen molar-refractivity contribution in [1.82, 2.24) is 0 Å². The first-order valence-corrected chi connectivity index (χ1v) is 7.42. The summed E-state index contributed by atoms with van der Waals surface area (Å²) in [6.45, 7) is 0. The number of hydrogen-bond donors (Lipinski definition) is 1. The maximum atomic E-state index is 10.4. The summed E-state index contributed by atoms with van der Waals surface area (Å²) in [5, 5.41) is 12.3. The zero-order chi connectivity index (χ0) is 14.3. The van der Waals surface area contributed by atoms with E-state index in [0.717, 1.165) is 9.86 Å². The van der Waals surface area contributed by atoms with E-state index in [1.165, 1.54) is 0 Å². The zero-order valence-corrected chi connectivity index (χ0v) is 13.2. The number of aliphatic hydroxyl groups is 1. The van der Waals surface area contributed by atoms with Crippen molar-refractivity contribution in [2.45, 2.75) is 6.10 Å². The van der Waals surface area contributed by atoms with Crippen LogP contribution in [0.3, 0.4) is 0 Å². The van der Waals surface area contributed by atoms with Gasteiger partial charge in [-0.3, -0.25) is 0 Å². The Morgan fingerprint density at radius 2 is 1.85 bits per heavy atom. The highest BCUT2D eigenvalue weighted by atomic mass is 79.9. The smallest absolute Gasteiger partial charge is 0.153 e. The minimum atomic E-state index is -0.941. The highest BCUT2D eigenvalue weighted by Crippen LogP contribution is 2.35. The minimum absolute atomic E-state index is 0.410. The second-order valence-corrected chi connectivity index (χ2v) is 6.11. The molecule has 0 spiro atoms. The van der Waals surface area contributed by atoms with Crippen molar-refractivity contribution in [2.75, 3.05) is 0 Å². The van der Waals surface area contributed by atoms with Gasteiger partial charge in [0.05, 0.1) is 5.02 Å². The summed E-state index contributed by atoms with van der Waals surface area (Å²) >= 11 is 15.6. The summed E-state index contributed by atoms with van der Waals surface area (Å²) in [6.07, 6.45) is -0.941. The Kier molecular flexibility index (Phi) is 3.78. The Morgan fingerprint density at radius 3 is 2.60 bits per heavy atom. The van der Waals surface area contributed by atoms with E-state index in [9.17, 15) is 5.11 Å². The molecule has 2 nitrogen and oxygen atoms in total. The zero-order valence-electron chi connectivity index (χ0n) is 10.1. The summed E-state index contributed by atoms with van der Waals surface area (Å²) in [6, 6.07) is 12.5. The van der Waals surface area contributed by atoms with Gasteiger partial charge in [0.2, 0.25) is 0 Å². The maximum absolute atomic E-state index is 10.4. The number of fused-ring (bicyclic) bond motifs is 1. The van der Waals surface area contributed by atoms with E-state index in [0.29, 0.717) is 27.0 Å². The van der Waals surface area contributed by atoms with Crippen LogP contribution in [0.4, 0.5) is 0 Å². The Balaban J connectivity index is 2.10.